The second-order valence-corrected chi connectivity index (χ2v) is 5.13. The normalized spacial score (nSPS) is 16.8. The van der Waals surface area contributed by atoms with Crippen LogP contribution in [-0.4, -0.2) is 26.8 Å². The maximum Gasteiger partial charge on any atom is 0.175 e. The van der Waals surface area contributed by atoms with Gasteiger partial charge in [-0.15, -0.1) is 0 Å². The first-order valence-corrected chi connectivity index (χ1v) is 6.76. The van der Waals surface area contributed by atoms with Crippen molar-refractivity contribution in [1.82, 2.24) is 5.32 Å². The van der Waals surface area contributed by atoms with Gasteiger partial charge in [-0.1, -0.05) is 6.07 Å². The van der Waals surface area contributed by atoms with Gasteiger partial charge in [-0.3, -0.25) is 0 Å². The summed E-state index contributed by atoms with van der Waals surface area (Å²) >= 11 is 3.50. The van der Waals surface area contributed by atoms with E-state index in [-0.39, 0.29) is 0 Å². The van der Waals surface area contributed by atoms with Gasteiger partial charge in [0.15, 0.2) is 11.5 Å². The predicted octanol–water partition coefficient (Wildman–Crippen LogP) is 2.84. The Labute approximate surface area is 111 Å². The summed E-state index contributed by atoms with van der Waals surface area (Å²) in [5.74, 6) is 2.25. The molecule has 0 aliphatic carbocycles. The third-order valence-electron chi connectivity index (χ3n) is 3.07. The van der Waals surface area contributed by atoms with Gasteiger partial charge < -0.3 is 14.8 Å². The summed E-state index contributed by atoms with van der Waals surface area (Å²) in [7, 11) is 1.67. The fraction of sp³-hybridized carbons (Fsp3) is 0.538. The quantitative estimate of drug-likeness (QED) is 0.927. The third-order valence-corrected chi connectivity index (χ3v) is 3.70. The molecule has 2 rings (SSSR count). The summed E-state index contributed by atoms with van der Waals surface area (Å²) in [4.78, 5) is 0. The molecule has 4 heteroatoms. The van der Waals surface area contributed by atoms with E-state index in [1.165, 1.54) is 12.8 Å². The summed E-state index contributed by atoms with van der Waals surface area (Å²) in [6.45, 7) is 2.96. The molecule has 1 aliphatic heterocycles. The van der Waals surface area contributed by atoms with E-state index in [2.05, 4.69) is 21.2 Å². The number of halogens is 1. The van der Waals surface area contributed by atoms with Gasteiger partial charge in [0.25, 0.3) is 0 Å². The van der Waals surface area contributed by atoms with Crippen LogP contribution in [-0.2, 0) is 0 Å². The molecule has 0 radical (unpaired) electrons. The van der Waals surface area contributed by atoms with Crippen molar-refractivity contribution in [2.24, 2.45) is 5.92 Å². The molecule has 1 heterocycles. The van der Waals surface area contributed by atoms with Crippen LogP contribution in [0.2, 0.25) is 0 Å². The molecule has 1 aromatic rings. The first-order valence-electron chi connectivity index (χ1n) is 5.97. The van der Waals surface area contributed by atoms with Crippen molar-refractivity contribution in [1.29, 1.82) is 0 Å². The second-order valence-electron chi connectivity index (χ2n) is 4.28. The minimum absolute atomic E-state index is 0.646. The van der Waals surface area contributed by atoms with Gasteiger partial charge in [-0.2, -0.15) is 0 Å². The Morgan fingerprint density at radius 3 is 2.82 bits per heavy atom. The molecule has 94 valence electrons. The molecule has 0 bridgehead atoms. The fourth-order valence-electron chi connectivity index (χ4n) is 2.04. The number of hydrogen-bond acceptors (Lipinski definition) is 3. The maximum absolute atomic E-state index is 5.90. The van der Waals surface area contributed by atoms with Gasteiger partial charge in [-0.25, -0.2) is 0 Å². The smallest absolute Gasteiger partial charge is 0.175 e. The summed E-state index contributed by atoms with van der Waals surface area (Å²) in [5, 5.41) is 3.36. The Balaban J connectivity index is 1.97. The van der Waals surface area contributed by atoms with E-state index in [4.69, 9.17) is 9.47 Å². The molecule has 0 aromatic heterocycles. The minimum atomic E-state index is 0.646. The highest BCUT2D eigenvalue weighted by atomic mass is 79.9. The first kappa shape index (κ1) is 12.7. The second kappa shape index (κ2) is 6.26. The van der Waals surface area contributed by atoms with Crippen molar-refractivity contribution < 1.29 is 9.47 Å². The van der Waals surface area contributed by atoms with E-state index in [0.29, 0.717) is 5.92 Å². The zero-order chi connectivity index (χ0) is 12.1. The zero-order valence-corrected chi connectivity index (χ0v) is 11.6. The van der Waals surface area contributed by atoms with Crippen molar-refractivity contribution in [3.8, 4) is 11.5 Å². The number of benzene rings is 1. The Hall–Kier alpha value is -0.740. The van der Waals surface area contributed by atoms with Gasteiger partial charge in [0, 0.05) is 0 Å². The molecule has 1 saturated heterocycles. The molecule has 0 atom stereocenters. The van der Waals surface area contributed by atoms with E-state index < -0.39 is 0 Å². The lowest BCUT2D eigenvalue weighted by Crippen LogP contribution is -2.30. The standard InChI is InChI=1S/C13H18BrNO2/c1-16-12-4-2-3-11(14)13(12)17-9-10-5-7-15-8-6-10/h2-4,10,15H,5-9H2,1H3. The molecule has 0 amide bonds. The van der Waals surface area contributed by atoms with Crippen LogP contribution in [0.1, 0.15) is 12.8 Å². The molecule has 0 unspecified atom stereocenters. The summed E-state index contributed by atoms with van der Waals surface area (Å²) in [6.07, 6.45) is 2.37. The van der Waals surface area contributed by atoms with Crippen molar-refractivity contribution in [3.63, 3.8) is 0 Å². The minimum Gasteiger partial charge on any atom is -0.493 e. The highest BCUT2D eigenvalue weighted by Crippen LogP contribution is 2.35. The molecule has 1 N–H and O–H groups in total. The molecule has 0 spiro atoms. The van der Waals surface area contributed by atoms with Crippen LogP contribution < -0.4 is 14.8 Å². The van der Waals surface area contributed by atoms with E-state index in [1.807, 2.05) is 18.2 Å². The van der Waals surface area contributed by atoms with Crippen molar-refractivity contribution in [2.75, 3.05) is 26.8 Å². The van der Waals surface area contributed by atoms with Gasteiger partial charge in [0.2, 0.25) is 0 Å². The Bertz CT molecular complexity index is 364. The molecule has 17 heavy (non-hydrogen) atoms. The number of para-hydroxylation sites is 1. The van der Waals surface area contributed by atoms with Gasteiger partial charge in [-0.05, 0) is 59.9 Å². The van der Waals surface area contributed by atoms with Crippen LogP contribution in [0.25, 0.3) is 0 Å². The molecule has 1 aromatic carbocycles. The summed E-state index contributed by atoms with van der Waals surface area (Å²) in [6, 6.07) is 5.84. The Morgan fingerprint density at radius 2 is 2.12 bits per heavy atom. The Kier molecular flexibility index (Phi) is 4.68. The van der Waals surface area contributed by atoms with E-state index in [0.717, 1.165) is 35.7 Å². The van der Waals surface area contributed by atoms with Crippen LogP contribution in [0.15, 0.2) is 22.7 Å². The highest BCUT2D eigenvalue weighted by molar-refractivity contribution is 9.10. The number of nitrogens with one attached hydrogen (secondary N) is 1. The lowest BCUT2D eigenvalue weighted by molar-refractivity contribution is 0.207. The van der Waals surface area contributed by atoms with Crippen LogP contribution >= 0.6 is 15.9 Å². The van der Waals surface area contributed by atoms with Gasteiger partial charge in [0.05, 0.1) is 18.2 Å². The first-order chi connectivity index (χ1) is 8.31. The predicted molar refractivity (Wildman–Crippen MR) is 71.8 cm³/mol. The van der Waals surface area contributed by atoms with E-state index >= 15 is 0 Å². The number of piperidine rings is 1. The monoisotopic (exact) mass is 299 g/mol. The summed E-state index contributed by atoms with van der Waals surface area (Å²) in [5.41, 5.74) is 0. The average Bonchev–Trinajstić information content (AvgIpc) is 2.38. The van der Waals surface area contributed by atoms with Crippen LogP contribution in [0.4, 0.5) is 0 Å². The molecule has 0 saturated carbocycles. The molecule has 1 aliphatic rings. The van der Waals surface area contributed by atoms with Crippen molar-refractivity contribution in [2.45, 2.75) is 12.8 Å². The van der Waals surface area contributed by atoms with Gasteiger partial charge >= 0.3 is 0 Å². The SMILES string of the molecule is COc1cccc(Br)c1OCC1CCNCC1. The number of hydrogen-bond donors (Lipinski definition) is 1. The lowest BCUT2D eigenvalue weighted by atomic mass is 9.99. The van der Waals surface area contributed by atoms with E-state index in [1.54, 1.807) is 7.11 Å². The molecular formula is C13H18BrNO2. The van der Waals surface area contributed by atoms with Crippen LogP contribution in [0.5, 0.6) is 11.5 Å². The highest BCUT2D eigenvalue weighted by Gasteiger charge is 2.15. The number of rotatable bonds is 4. The number of methoxy groups -OCH3 is 1. The average molecular weight is 300 g/mol. The van der Waals surface area contributed by atoms with Crippen molar-refractivity contribution in [3.05, 3.63) is 22.7 Å². The zero-order valence-electron chi connectivity index (χ0n) is 10.0. The van der Waals surface area contributed by atoms with E-state index in [9.17, 15) is 0 Å². The topological polar surface area (TPSA) is 30.5 Å². The van der Waals surface area contributed by atoms with Gasteiger partial charge in [0.1, 0.15) is 0 Å². The Morgan fingerprint density at radius 1 is 1.35 bits per heavy atom. The molecular weight excluding hydrogens is 282 g/mol. The lowest BCUT2D eigenvalue weighted by Gasteiger charge is -2.23. The summed E-state index contributed by atoms with van der Waals surface area (Å²) < 4.78 is 12.1. The molecule has 1 fully saturated rings. The largest absolute Gasteiger partial charge is 0.493 e. The maximum atomic E-state index is 5.90. The molecule has 3 nitrogen and oxygen atoms in total. The fourth-order valence-corrected chi connectivity index (χ4v) is 2.50. The van der Waals surface area contributed by atoms with Crippen LogP contribution in [0.3, 0.4) is 0 Å². The third kappa shape index (κ3) is 3.36. The van der Waals surface area contributed by atoms with Crippen molar-refractivity contribution >= 4 is 15.9 Å². The number of ether oxygens (including phenoxy) is 2. The van der Waals surface area contributed by atoms with Crippen LogP contribution in [0, 0.1) is 5.92 Å².